The highest BCUT2D eigenvalue weighted by atomic mass is 16.5. The van der Waals surface area contributed by atoms with Crippen LogP contribution in [0.15, 0.2) is 42.5 Å². The van der Waals surface area contributed by atoms with Crippen LogP contribution in [0.25, 0.3) is 5.69 Å². The summed E-state index contributed by atoms with van der Waals surface area (Å²) in [5.74, 6) is 1.93. The van der Waals surface area contributed by atoms with Gasteiger partial charge >= 0.3 is 0 Å². The van der Waals surface area contributed by atoms with Crippen LogP contribution in [0.1, 0.15) is 36.8 Å². The van der Waals surface area contributed by atoms with Gasteiger partial charge in [0.1, 0.15) is 5.75 Å². The Morgan fingerprint density at radius 1 is 1.00 bits per heavy atom. The second-order valence-electron chi connectivity index (χ2n) is 6.78. The zero-order valence-electron chi connectivity index (χ0n) is 15.9. The molecule has 6 nitrogen and oxygen atoms in total. The highest BCUT2D eigenvalue weighted by Gasteiger charge is 2.24. The molecule has 136 valence electrons. The van der Waals surface area contributed by atoms with E-state index >= 15 is 0 Å². The van der Waals surface area contributed by atoms with Crippen LogP contribution < -0.4 is 10.1 Å². The molecule has 0 fully saturated rings. The molecule has 0 unspecified atom stereocenters. The van der Waals surface area contributed by atoms with Crippen molar-refractivity contribution in [2.24, 2.45) is 5.92 Å². The van der Waals surface area contributed by atoms with E-state index in [-0.39, 0.29) is 6.04 Å². The van der Waals surface area contributed by atoms with E-state index < -0.39 is 0 Å². The third-order valence-electron chi connectivity index (χ3n) is 4.50. The molecule has 0 aliphatic rings. The average Bonchev–Trinajstić information content (AvgIpc) is 3.08. The second kappa shape index (κ2) is 7.56. The molecular formula is C20H25N5O. The maximum absolute atomic E-state index is 5.23. The van der Waals surface area contributed by atoms with Crippen LogP contribution in [0.2, 0.25) is 0 Å². The Bertz CT molecular complexity index is 850. The van der Waals surface area contributed by atoms with E-state index in [1.165, 1.54) is 0 Å². The first-order valence-corrected chi connectivity index (χ1v) is 8.76. The van der Waals surface area contributed by atoms with Gasteiger partial charge in [0.05, 0.1) is 18.8 Å². The second-order valence-corrected chi connectivity index (χ2v) is 6.78. The molecular weight excluding hydrogens is 326 g/mol. The normalized spacial score (nSPS) is 12.2. The first-order valence-electron chi connectivity index (χ1n) is 8.76. The van der Waals surface area contributed by atoms with Gasteiger partial charge in [-0.1, -0.05) is 32.0 Å². The van der Waals surface area contributed by atoms with Gasteiger partial charge in [-0.3, -0.25) is 0 Å². The number of para-hydroxylation sites is 1. The van der Waals surface area contributed by atoms with Crippen molar-refractivity contribution in [2.75, 3.05) is 12.4 Å². The number of rotatable bonds is 6. The minimum atomic E-state index is -0.0302. The molecule has 1 N–H and O–H groups in total. The van der Waals surface area contributed by atoms with Crippen molar-refractivity contribution in [3.63, 3.8) is 0 Å². The molecule has 0 spiro atoms. The lowest BCUT2D eigenvalue weighted by molar-refractivity contribution is 0.415. The van der Waals surface area contributed by atoms with E-state index in [2.05, 4.69) is 60.7 Å². The largest absolute Gasteiger partial charge is 0.497 e. The van der Waals surface area contributed by atoms with Gasteiger partial charge in [0.25, 0.3) is 0 Å². The van der Waals surface area contributed by atoms with Crippen LogP contribution in [-0.2, 0) is 0 Å². The molecule has 2 aromatic carbocycles. The number of aryl methyl sites for hydroxylation is 2. The predicted molar refractivity (Wildman–Crippen MR) is 103 cm³/mol. The summed E-state index contributed by atoms with van der Waals surface area (Å²) >= 11 is 0. The van der Waals surface area contributed by atoms with E-state index in [4.69, 9.17) is 4.74 Å². The minimum Gasteiger partial charge on any atom is -0.497 e. The Balaban J connectivity index is 1.98. The van der Waals surface area contributed by atoms with Crippen LogP contribution in [-0.4, -0.2) is 27.3 Å². The van der Waals surface area contributed by atoms with Gasteiger partial charge in [-0.05, 0) is 65.6 Å². The molecule has 6 heteroatoms. The Labute approximate surface area is 154 Å². The highest BCUT2D eigenvalue weighted by molar-refractivity contribution is 5.49. The number of anilines is 1. The van der Waals surface area contributed by atoms with Crippen LogP contribution >= 0.6 is 0 Å². The molecule has 1 atom stereocenters. The fraction of sp³-hybridized carbons (Fsp3) is 0.350. The number of aromatic nitrogens is 4. The van der Waals surface area contributed by atoms with Crippen molar-refractivity contribution in [3.8, 4) is 11.4 Å². The SMILES string of the molecule is COc1ccc(N[C@@H](c2nnnn2-c2c(C)cccc2C)C(C)C)cc1. The minimum absolute atomic E-state index is 0.0302. The van der Waals surface area contributed by atoms with Gasteiger partial charge in [0.15, 0.2) is 5.82 Å². The quantitative estimate of drug-likeness (QED) is 0.724. The van der Waals surface area contributed by atoms with Crippen LogP contribution in [0.3, 0.4) is 0 Å². The standard InChI is InChI=1S/C20H25N5O/c1-13(2)18(21-16-9-11-17(26-5)12-10-16)20-22-23-24-25(20)19-14(3)7-6-8-15(19)4/h6-13,18,21H,1-5H3/t18-/m1/s1. The molecule has 26 heavy (non-hydrogen) atoms. The summed E-state index contributed by atoms with van der Waals surface area (Å²) in [6.07, 6.45) is 0. The number of ether oxygens (including phenoxy) is 1. The van der Waals surface area contributed by atoms with E-state index in [9.17, 15) is 0 Å². The number of methoxy groups -OCH3 is 1. The first kappa shape index (κ1) is 17.9. The van der Waals surface area contributed by atoms with Gasteiger partial charge in [0, 0.05) is 5.69 Å². The zero-order chi connectivity index (χ0) is 18.7. The van der Waals surface area contributed by atoms with E-state index in [0.717, 1.165) is 34.1 Å². The summed E-state index contributed by atoms with van der Waals surface area (Å²) in [6, 6.07) is 14.1. The number of tetrazole rings is 1. The monoisotopic (exact) mass is 351 g/mol. The Morgan fingerprint density at radius 2 is 1.65 bits per heavy atom. The van der Waals surface area contributed by atoms with E-state index in [0.29, 0.717) is 5.92 Å². The fourth-order valence-electron chi connectivity index (χ4n) is 3.08. The number of hydrogen-bond donors (Lipinski definition) is 1. The van der Waals surface area contributed by atoms with E-state index in [1.54, 1.807) is 7.11 Å². The Kier molecular flexibility index (Phi) is 5.21. The third-order valence-corrected chi connectivity index (χ3v) is 4.50. The van der Waals surface area contributed by atoms with E-state index in [1.807, 2.05) is 35.0 Å². The van der Waals surface area contributed by atoms with Crippen molar-refractivity contribution in [3.05, 3.63) is 59.4 Å². The van der Waals surface area contributed by atoms with Crippen molar-refractivity contribution in [1.29, 1.82) is 0 Å². The van der Waals surface area contributed by atoms with Crippen LogP contribution in [0.4, 0.5) is 5.69 Å². The molecule has 1 heterocycles. The molecule has 3 aromatic rings. The van der Waals surface area contributed by atoms with Gasteiger partial charge < -0.3 is 10.1 Å². The van der Waals surface area contributed by atoms with Crippen molar-refractivity contribution < 1.29 is 4.74 Å². The van der Waals surface area contributed by atoms with Gasteiger partial charge in [-0.2, -0.15) is 4.68 Å². The predicted octanol–water partition coefficient (Wildman–Crippen LogP) is 4.10. The molecule has 0 saturated carbocycles. The summed E-state index contributed by atoms with van der Waals surface area (Å²) < 4.78 is 7.09. The Hall–Kier alpha value is -2.89. The summed E-state index contributed by atoms with van der Waals surface area (Å²) in [5, 5.41) is 16.1. The summed E-state index contributed by atoms with van der Waals surface area (Å²) in [4.78, 5) is 0. The summed E-state index contributed by atoms with van der Waals surface area (Å²) in [6.45, 7) is 8.47. The smallest absolute Gasteiger partial charge is 0.179 e. The molecule has 0 radical (unpaired) electrons. The zero-order valence-corrected chi connectivity index (χ0v) is 15.9. The first-order chi connectivity index (χ1) is 12.5. The Morgan fingerprint density at radius 3 is 2.23 bits per heavy atom. The van der Waals surface area contributed by atoms with Crippen LogP contribution in [0, 0.1) is 19.8 Å². The molecule has 1 aromatic heterocycles. The molecule has 0 aliphatic heterocycles. The van der Waals surface area contributed by atoms with Crippen molar-refractivity contribution in [1.82, 2.24) is 20.2 Å². The number of hydrogen-bond acceptors (Lipinski definition) is 5. The highest BCUT2D eigenvalue weighted by Crippen LogP contribution is 2.28. The fourth-order valence-corrected chi connectivity index (χ4v) is 3.08. The average molecular weight is 351 g/mol. The number of nitrogens with zero attached hydrogens (tertiary/aromatic N) is 4. The summed E-state index contributed by atoms with van der Waals surface area (Å²) in [7, 11) is 1.66. The maximum atomic E-state index is 5.23. The number of nitrogens with one attached hydrogen (secondary N) is 1. The summed E-state index contributed by atoms with van der Waals surface area (Å²) in [5.41, 5.74) is 4.33. The van der Waals surface area contributed by atoms with Crippen molar-refractivity contribution in [2.45, 2.75) is 33.7 Å². The third kappa shape index (κ3) is 3.54. The molecule has 0 amide bonds. The maximum Gasteiger partial charge on any atom is 0.179 e. The molecule has 3 rings (SSSR count). The van der Waals surface area contributed by atoms with Gasteiger partial charge in [-0.25, -0.2) is 0 Å². The topological polar surface area (TPSA) is 64.9 Å². The lowest BCUT2D eigenvalue weighted by Gasteiger charge is -2.23. The number of benzene rings is 2. The molecule has 0 aliphatic carbocycles. The lowest BCUT2D eigenvalue weighted by Crippen LogP contribution is -2.22. The van der Waals surface area contributed by atoms with Crippen molar-refractivity contribution >= 4 is 5.69 Å². The van der Waals surface area contributed by atoms with Gasteiger partial charge in [-0.15, -0.1) is 5.10 Å². The van der Waals surface area contributed by atoms with Gasteiger partial charge in [0.2, 0.25) is 0 Å². The molecule has 0 bridgehead atoms. The molecule has 0 saturated heterocycles. The van der Waals surface area contributed by atoms with Crippen LogP contribution in [0.5, 0.6) is 5.75 Å². The lowest BCUT2D eigenvalue weighted by atomic mass is 10.0.